The molecule has 100 valence electrons. The number of rotatable bonds is 5. The number of anilines is 1. The summed E-state index contributed by atoms with van der Waals surface area (Å²) in [5.41, 5.74) is 6.66. The summed E-state index contributed by atoms with van der Waals surface area (Å²) >= 11 is 0. The van der Waals surface area contributed by atoms with E-state index >= 15 is 0 Å². The van der Waals surface area contributed by atoms with Crippen LogP contribution in [-0.2, 0) is 0 Å². The molecule has 1 aromatic rings. The molecule has 4 nitrogen and oxygen atoms in total. The van der Waals surface area contributed by atoms with Gasteiger partial charge >= 0.3 is 0 Å². The predicted octanol–water partition coefficient (Wildman–Crippen LogP) is 2.59. The van der Waals surface area contributed by atoms with Crippen LogP contribution in [0.25, 0.3) is 0 Å². The lowest BCUT2D eigenvalue weighted by molar-refractivity contribution is 0.0911. The number of nitrogen functional groups attached to an aromatic ring is 1. The molecule has 0 saturated heterocycles. The van der Waals surface area contributed by atoms with Gasteiger partial charge in [-0.15, -0.1) is 0 Å². The Morgan fingerprint density at radius 3 is 2.56 bits per heavy atom. The summed E-state index contributed by atoms with van der Waals surface area (Å²) in [5.74, 6) is 0.500. The van der Waals surface area contributed by atoms with Gasteiger partial charge in [-0.3, -0.25) is 4.79 Å². The van der Waals surface area contributed by atoms with Crippen LogP contribution in [0.15, 0.2) is 18.2 Å². The van der Waals surface area contributed by atoms with Crippen LogP contribution in [0.4, 0.5) is 5.69 Å². The van der Waals surface area contributed by atoms with Gasteiger partial charge in [-0.1, -0.05) is 6.92 Å². The third-order valence-electron chi connectivity index (χ3n) is 2.91. The second-order valence-electron chi connectivity index (χ2n) is 4.88. The van der Waals surface area contributed by atoms with E-state index in [2.05, 4.69) is 5.32 Å². The number of hydrogen-bond donors (Lipinski definition) is 2. The molecule has 4 heteroatoms. The van der Waals surface area contributed by atoms with Crippen LogP contribution in [-0.4, -0.2) is 18.1 Å². The highest BCUT2D eigenvalue weighted by atomic mass is 16.5. The fourth-order valence-electron chi connectivity index (χ4n) is 1.44. The fourth-order valence-corrected chi connectivity index (χ4v) is 1.44. The van der Waals surface area contributed by atoms with Gasteiger partial charge in [0.15, 0.2) is 0 Å². The van der Waals surface area contributed by atoms with Crippen molar-refractivity contribution in [3.8, 4) is 5.75 Å². The summed E-state index contributed by atoms with van der Waals surface area (Å²) in [6.45, 7) is 8.46. The maximum Gasteiger partial charge on any atom is 0.251 e. The maximum absolute atomic E-state index is 12.0. The summed E-state index contributed by atoms with van der Waals surface area (Å²) in [5, 5.41) is 2.97. The smallest absolute Gasteiger partial charge is 0.251 e. The van der Waals surface area contributed by atoms with E-state index in [4.69, 9.17) is 10.5 Å². The molecule has 18 heavy (non-hydrogen) atoms. The molecule has 1 rings (SSSR count). The van der Waals surface area contributed by atoms with Crippen LogP contribution >= 0.6 is 0 Å². The molecule has 3 N–H and O–H groups in total. The maximum atomic E-state index is 12.0. The van der Waals surface area contributed by atoms with Gasteiger partial charge in [-0.2, -0.15) is 0 Å². The number of amides is 1. The predicted molar refractivity (Wildman–Crippen MR) is 73.9 cm³/mol. The first-order chi connectivity index (χ1) is 8.39. The van der Waals surface area contributed by atoms with E-state index < -0.39 is 0 Å². The summed E-state index contributed by atoms with van der Waals surface area (Å²) in [7, 11) is 0. The van der Waals surface area contributed by atoms with Gasteiger partial charge in [0.1, 0.15) is 5.75 Å². The van der Waals surface area contributed by atoms with E-state index in [1.165, 1.54) is 0 Å². The number of carbonyl (C=O) groups is 1. The van der Waals surface area contributed by atoms with Crippen LogP contribution in [0.5, 0.6) is 5.75 Å². The van der Waals surface area contributed by atoms with Crippen molar-refractivity contribution in [1.82, 2.24) is 5.32 Å². The van der Waals surface area contributed by atoms with E-state index in [1.54, 1.807) is 18.2 Å². The molecule has 0 aliphatic rings. The van der Waals surface area contributed by atoms with Crippen molar-refractivity contribution >= 4 is 11.6 Å². The molecule has 1 amide bonds. The molecule has 1 aromatic carbocycles. The van der Waals surface area contributed by atoms with Crippen LogP contribution in [0.2, 0.25) is 0 Å². The standard InChI is InChI=1S/C14H22N2O2/c1-5-14(3,4)16-13(17)10-7-8-12(18-6-2)11(15)9-10/h7-9H,5-6,15H2,1-4H3,(H,16,17). The lowest BCUT2D eigenvalue weighted by Gasteiger charge is -2.24. The normalized spacial score (nSPS) is 11.1. The van der Waals surface area contributed by atoms with E-state index in [-0.39, 0.29) is 11.4 Å². The van der Waals surface area contributed by atoms with Crippen LogP contribution in [0.1, 0.15) is 44.5 Å². The highest BCUT2D eigenvalue weighted by Gasteiger charge is 2.19. The van der Waals surface area contributed by atoms with Gasteiger partial charge in [0.2, 0.25) is 0 Å². The third-order valence-corrected chi connectivity index (χ3v) is 2.91. The molecule has 0 aliphatic carbocycles. The van der Waals surface area contributed by atoms with E-state index in [1.807, 2.05) is 27.7 Å². The van der Waals surface area contributed by atoms with Gasteiger partial charge < -0.3 is 15.8 Å². The minimum absolute atomic E-state index is 0.114. The lowest BCUT2D eigenvalue weighted by atomic mass is 10.0. The number of nitrogens with one attached hydrogen (secondary N) is 1. The van der Waals surface area contributed by atoms with Crippen molar-refractivity contribution in [2.24, 2.45) is 0 Å². The zero-order valence-corrected chi connectivity index (χ0v) is 11.5. The van der Waals surface area contributed by atoms with Gasteiger partial charge in [0, 0.05) is 11.1 Å². The minimum atomic E-state index is -0.218. The van der Waals surface area contributed by atoms with Crippen molar-refractivity contribution in [2.75, 3.05) is 12.3 Å². The van der Waals surface area contributed by atoms with Crippen LogP contribution in [0.3, 0.4) is 0 Å². The summed E-state index contributed by atoms with van der Waals surface area (Å²) in [6, 6.07) is 5.10. The first-order valence-corrected chi connectivity index (χ1v) is 6.24. The molecular weight excluding hydrogens is 228 g/mol. The number of hydrogen-bond acceptors (Lipinski definition) is 3. The van der Waals surface area contributed by atoms with Crippen molar-refractivity contribution in [3.63, 3.8) is 0 Å². The molecule has 0 radical (unpaired) electrons. The number of ether oxygens (including phenoxy) is 1. The fraction of sp³-hybridized carbons (Fsp3) is 0.500. The Kier molecular flexibility index (Phi) is 4.59. The minimum Gasteiger partial charge on any atom is -0.492 e. The zero-order chi connectivity index (χ0) is 13.8. The first-order valence-electron chi connectivity index (χ1n) is 6.24. The van der Waals surface area contributed by atoms with Gasteiger partial charge in [-0.25, -0.2) is 0 Å². The molecule has 0 aromatic heterocycles. The molecule has 0 aliphatic heterocycles. The zero-order valence-electron chi connectivity index (χ0n) is 11.5. The van der Waals surface area contributed by atoms with Gasteiger partial charge in [-0.05, 0) is 45.4 Å². The molecule has 0 saturated carbocycles. The monoisotopic (exact) mass is 250 g/mol. The van der Waals surface area contributed by atoms with E-state index in [0.717, 1.165) is 6.42 Å². The molecule has 0 unspecified atom stereocenters. The highest BCUT2D eigenvalue weighted by Crippen LogP contribution is 2.22. The molecule has 0 spiro atoms. The quantitative estimate of drug-likeness (QED) is 0.789. The van der Waals surface area contributed by atoms with Crippen LogP contribution < -0.4 is 15.8 Å². The summed E-state index contributed by atoms with van der Waals surface area (Å²) < 4.78 is 5.34. The Morgan fingerprint density at radius 1 is 1.39 bits per heavy atom. The summed E-state index contributed by atoms with van der Waals surface area (Å²) in [4.78, 5) is 12.0. The topological polar surface area (TPSA) is 64.3 Å². The third kappa shape index (κ3) is 3.65. The van der Waals surface area contributed by atoms with Crippen molar-refractivity contribution in [3.05, 3.63) is 23.8 Å². The Bertz CT molecular complexity index is 428. The summed E-state index contributed by atoms with van der Waals surface area (Å²) in [6.07, 6.45) is 0.866. The Balaban J connectivity index is 2.85. The SMILES string of the molecule is CCOc1ccc(C(=O)NC(C)(C)CC)cc1N. The van der Waals surface area contributed by atoms with Crippen LogP contribution in [0, 0.1) is 0 Å². The molecule has 0 fully saturated rings. The number of benzene rings is 1. The first kappa shape index (κ1) is 14.4. The highest BCUT2D eigenvalue weighted by molar-refractivity contribution is 5.95. The molecule has 0 bridgehead atoms. The molecule has 0 atom stereocenters. The van der Waals surface area contributed by atoms with Gasteiger partial charge in [0.25, 0.3) is 5.91 Å². The average molecular weight is 250 g/mol. The van der Waals surface area contributed by atoms with Crippen molar-refractivity contribution in [1.29, 1.82) is 0 Å². The lowest BCUT2D eigenvalue weighted by Crippen LogP contribution is -2.42. The van der Waals surface area contributed by atoms with Gasteiger partial charge in [0.05, 0.1) is 12.3 Å². The van der Waals surface area contributed by atoms with Crippen molar-refractivity contribution < 1.29 is 9.53 Å². The molecule has 0 heterocycles. The molecular formula is C14H22N2O2. The van der Waals surface area contributed by atoms with E-state index in [0.29, 0.717) is 23.6 Å². The Labute approximate surface area is 109 Å². The Morgan fingerprint density at radius 2 is 2.06 bits per heavy atom. The second kappa shape index (κ2) is 5.76. The average Bonchev–Trinajstić information content (AvgIpc) is 2.31. The van der Waals surface area contributed by atoms with Crippen molar-refractivity contribution in [2.45, 2.75) is 39.7 Å². The largest absolute Gasteiger partial charge is 0.492 e. The van der Waals surface area contributed by atoms with E-state index in [9.17, 15) is 4.79 Å². The number of carbonyl (C=O) groups excluding carboxylic acids is 1. The second-order valence-corrected chi connectivity index (χ2v) is 4.88. The Hall–Kier alpha value is -1.71. The number of nitrogens with two attached hydrogens (primary N) is 1.